The van der Waals surface area contributed by atoms with Crippen LogP contribution in [0.25, 0.3) is 6.08 Å². The van der Waals surface area contributed by atoms with Crippen molar-refractivity contribution in [1.29, 1.82) is 0 Å². The first kappa shape index (κ1) is 31.6. The summed E-state index contributed by atoms with van der Waals surface area (Å²) in [7, 11) is -2.02. The van der Waals surface area contributed by atoms with Gasteiger partial charge in [-0.05, 0) is 66.1 Å². The average Bonchev–Trinajstić information content (AvgIpc) is 2.99. The maximum atomic E-state index is 12.7. The largest absolute Gasteiger partial charge is 0.480 e. The topological polar surface area (TPSA) is 142 Å². The quantitative estimate of drug-likeness (QED) is 0.189. The fraction of sp³-hybridized carbons (Fsp3) is 0.133. The first-order valence-corrected chi connectivity index (χ1v) is 15.1. The van der Waals surface area contributed by atoms with Crippen LogP contribution in [0.3, 0.4) is 0 Å². The summed E-state index contributed by atoms with van der Waals surface area (Å²) in [6, 6.07) is 18.3. The van der Waals surface area contributed by atoms with Crippen molar-refractivity contribution < 1.29 is 23.1 Å². The SMILES string of the molecule is CN(c1ccc(C=CCC(NC(=O)c2ccc(CNS(=O)(=O)c3cc(Cl)cc(Cl)c3)cc2)C(=O)O)cc1)c1ncccn1. The molecule has 0 saturated heterocycles. The van der Waals surface area contributed by atoms with Crippen LogP contribution < -0.4 is 14.9 Å². The Hall–Kier alpha value is -4.29. The zero-order valence-electron chi connectivity index (χ0n) is 22.8. The number of halogens is 2. The standard InChI is InChI=1S/C30H27Cl2N5O5S/c1-37(30-33-14-3-15-34-30)25-12-8-20(9-13-25)4-2-5-27(29(39)40)36-28(38)22-10-6-21(7-11-22)19-35-43(41,42)26-17-23(31)16-24(32)18-26/h2-4,6-18,27,35H,5,19H2,1H3,(H,36,38)(H,39,40). The molecule has 1 unspecified atom stereocenters. The lowest BCUT2D eigenvalue weighted by Gasteiger charge is -2.16. The molecule has 0 spiro atoms. The molecule has 1 atom stereocenters. The van der Waals surface area contributed by atoms with E-state index in [1.54, 1.807) is 42.7 Å². The molecule has 4 rings (SSSR count). The Bertz CT molecular complexity index is 1700. The minimum atomic E-state index is -3.88. The lowest BCUT2D eigenvalue weighted by atomic mass is 10.1. The molecule has 0 fully saturated rings. The zero-order valence-corrected chi connectivity index (χ0v) is 25.1. The van der Waals surface area contributed by atoms with E-state index in [0.29, 0.717) is 11.5 Å². The van der Waals surface area contributed by atoms with E-state index < -0.39 is 27.9 Å². The lowest BCUT2D eigenvalue weighted by Crippen LogP contribution is -2.40. The molecule has 10 nitrogen and oxygen atoms in total. The molecule has 0 aliphatic heterocycles. The van der Waals surface area contributed by atoms with E-state index in [2.05, 4.69) is 20.0 Å². The van der Waals surface area contributed by atoms with E-state index in [1.165, 1.54) is 30.3 Å². The summed E-state index contributed by atoms with van der Waals surface area (Å²) in [4.78, 5) is 34.8. The molecule has 0 saturated carbocycles. The molecule has 13 heteroatoms. The predicted molar refractivity (Wildman–Crippen MR) is 166 cm³/mol. The number of carboxylic acids is 1. The minimum Gasteiger partial charge on any atom is -0.480 e. The Kier molecular flexibility index (Phi) is 10.5. The van der Waals surface area contributed by atoms with Gasteiger partial charge in [-0.2, -0.15) is 0 Å². The third-order valence-corrected chi connectivity index (χ3v) is 8.06. The monoisotopic (exact) mass is 639 g/mol. The summed E-state index contributed by atoms with van der Waals surface area (Å²) in [5.74, 6) is -1.19. The normalized spacial score (nSPS) is 12.2. The Labute approximate surface area is 259 Å². The summed E-state index contributed by atoms with van der Waals surface area (Å²) in [6.07, 6.45) is 6.85. The Balaban J connectivity index is 1.31. The van der Waals surface area contributed by atoms with Gasteiger partial charge in [0.05, 0.1) is 4.90 Å². The number of benzene rings is 3. The number of anilines is 2. The maximum absolute atomic E-state index is 12.7. The first-order valence-electron chi connectivity index (χ1n) is 12.9. The number of nitrogens with zero attached hydrogens (tertiary/aromatic N) is 3. The number of carbonyl (C=O) groups excluding carboxylic acids is 1. The van der Waals surface area contributed by atoms with Gasteiger partial charge in [0.2, 0.25) is 16.0 Å². The van der Waals surface area contributed by atoms with E-state index in [9.17, 15) is 23.1 Å². The third kappa shape index (κ3) is 8.85. The Morgan fingerprint density at radius 1 is 0.977 bits per heavy atom. The molecule has 222 valence electrons. The number of rotatable bonds is 12. The smallest absolute Gasteiger partial charge is 0.326 e. The molecule has 0 radical (unpaired) electrons. The molecule has 1 amide bonds. The second-order valence-electron chi connectivity index (χ2n) is 9.33. The van der Waals surface area contributed by atoms with Gasteiger partial charge in [-0.3, -0.25) is 4.79 Å². The number of nitrogens with one attached hydrogen (secondary N) is 2. The van der Waals surface area contributed by atoms with E-state index in [-0.39, 0.29) is 33.5 Å². The first-order chi connectivity index (χ1) is 20.5. The number of aliphatic carboxylic acids is 1. The van der Waals surface area contributed by atoms with Gasteiger partial charge in [-0.1, -0.05) is 59.6 Å². The van der Waals surface area contributed by atoms with Gasteiger partial charge in [0.15, 0.2) is 0 Å². The van der Waals surface area contributed by atoms with Crippen LogP contribution in [0, 0.1) is 0 Å². The van der Waals surface area contributed by atoms with Gasteiger partial charge in [0.1, 0.15) is 6.04 Å². The molecule has 0 bridgehead atoms. The van der Waals surface area contributed by atoms with Crippen molar-refractivity contribution in [2.75, 3.05) is 11.9 Å². The predicted octanol–water partition coefficient (Wildman–Crippen LogP) is 5.32. The van der Waals surface area contributed by atoms with Gasteiger partial charge >= 0.3 is 5.97 Å². The van der Waals surface area contributed by atoms with E-state index in [0.717, 1.165) is 11.3 Å². The molecular weight excluding hydrogens is 613 g/mol. The maximum Gasteiger partial charge on any atom is 0.326 e. The molecule has 3 N–H and O–H groups in total. The van der Waals surface area contributed by atoms with Crippen molar-refractivity contribution in [3.63, 3.8) is 0 Å². The summed E-state index contributed by atoms with van der Waals surface area (Å²) in [5.41, 5.74) is 2.55. The molecular formula is C30H27Cl2N5O5S. The van der Waals surface area contributed by atoms with Gasteiger partial charge in [-0.25, -0.2) is 27.9 Å². The Morgan fingerprint density at radius 2 is 1.60 bits per heavy atom. The van der Waals surface area contributed by atoms with Crippen molar-refractivity contribution in [3.8, 4) is 0 Å². The van der Waals surface area contributed by atoms with Gasteiger partial charge < -0.3 is 15.3 Å². The number of carboxylic acid groups (broad SMARTS) is 1. The number of hydrogen-bond acceptors (Lipinski definition) is 7. The number of aromatic nitrogens is 2. The van der Waals surface area contributed by atoms with Crippen LogP contribution in [0.4, 0.5) is 11.6 Å². The van der Waals surface area contributed by atoms with Crippen LogP contribution in [0.1, 0.15) is 27.9 Å². The average molecular weight is 641 g/mol. The minimum absolute atomic E-state index is 0.0474. The summed E-state index contributed by atoms with van der Waals surface area (Å²) >= 11 is 11.8. The van der Waals surface area contributed by atoms with Crippen molar-refractivity contribution in [1.82, 2.24) is 20.0 Å². The summed E-state index contributed by atoms with van der Waals surface area (Å²) in [5, 5.41) is 12.5. The van der Waals surface area contributed by atoms with E-state index in [4.69, 9.17) is 23.2 Å². The van der Waals surface area contributed by atoms with Crippen LogP contribution >= 0.6 is 23.2 Å². The highest BCUT2D eigenvalue weighted by Crippen LogP contribution is 2.23. The molecule has 0 aliphatic carbocycles. The van der Waals surface area contributed by atoms with Crippen LogP contribution in [0.5, 0.6) is 0 Å². The highest BCUT2D eigenvalue weighted by atomic mass is 35.5. The lowest BCUT2D eigenvalue weighted by molar-refractivity contribution is -0.139. The number of sulfonamides is 1. The van der Waals surface area contributed by atoms with E-state index in [1.807, 2.05) is 36.2 Å². The fourth-order valence-electron chi connectivity index (χ4n) is 3.91. The van der Waals surface area contributed by atoms with Gasteiger partial charge in [0, 0.05) is 47.3 Å². The second-order valence-corrected chi connectivity index (χ2v) is 12.0. The van der Waals surface area contributed by atoms with Crippen LogP contribution in [-0.4, -0.2) is 48.5 Å². The van der Waals surface area contributed by atoms with Gasteiger partial charge in [-0.15, -0.1) is 0 Å². The summed E-state index contributed by atoms with van der Waals surface area (Å²) < 4.78 is 27.6. The van der Waals surface area contributed by atoms with Crippen molar-refractivity contribution in [2.24, 2.45) is 0 Å². The Morgan fingerprint density at radius 3 is 2.21 bits per heavy atom. The van der Waals surface area contributed by atoms with Crippen molar-refractivity contribution in [2.45, 2.75) is 23.9 Å². The van der Waals surface area contributed by atoms with E-state index >= 15 is 0 Å². The van der Waals surface area contributed by atoms with Crippen LogP contribution in [0.2, 0.25) is 10.0 Å². The molecule has 1 heterocycles. The number of hydrogen-bond donors (Lipinski definition) is 3. The van der Waals surface area contributed by atoms with Gasteiger partial charge in [0.25, 0.3) is 5.91 Å². The third-order valence-electron chi connectivity index (χ3n) is 6.25. The highest BCUT2D eigenvalue weighted by Gasteiger charge is 2.20. The molecule has 4 aromatic rings. The van der Waals surface area contributed by atoms with Crippen LogP contribution in [-0.2, 0) is 21.4 Å². The second kappa shape index (κ2) is 14.3. The molecule has 3 aromatic carbocycles. The molecule has 0 aliphatic rings. The van der Waals surface area contributed by atoms with Crippen LogP contribution in [0.15, 0.2) is 96.2 Å². The fourth-order valence-corrected chi connectivity index (χ4v) is 5.65. The summed E-state index contributed by atoms with van der Waals surface area (Å²) in [6.45, 7) is -0.0474. The molecule has 43 heavy (non-hydrogen) atoms. The molecule has 1 aromatic heterocycles. The number of amides is 1. The highest BCUT2D eigenvalue weighted by molar-refractivity contribution is 7.89. The van der Waals surface area contributed by atoms with Crippen molar-refractivity contribution in [3.05, 3.63) is 118 Å². The zero-order chi connectivity index (χ0) is 31.0. The number of carbonyl (C=O) groups is 2. The van der Waals surface area contributed by atoms with Crippen molar-refractivity contribution >= 4 is 62.8 Å².